The molecule has 0 aliphatic carbocycles. The highest BCUT2D eigenvalue weighted by atomic mass is 35.5. The first-order chi connectivity index (χ1) is 17.8. The van der Waals surface area contributed by atoms with Crippen molar-refractivity contribution < 1.29 is 28.5 Å². The van der Waals surface area contributed by atoms with E-state index >= 15 is 0 Å². The molecule has 0 aliphatic rings. The van der Waals surface area contributed by atoms with Gasteiger partial charge in [0.05, 0.1) is 32.1 Å². The Morgan fingerprint density at radius 2 is 1.76 bits per heavy atom. The van der Waals surface area contributed by atoms with Crippen molar-refractivity contribution in [2.75, 3.05) is 32.8 Å². The van der Waals surface area contributed by atoms with Gasteiger partial charge in [0.25, 0.3) is 11.8 Å². The van der Waals surface area contributed by atoms with Crippen LogP contribution in [0.1, 0.15) is 28.4 Å². The Kier molecular flexibility index (Phi) is 9.74. The third-order valence-corrected chi connectivity index (χ3v) is 5.29. The third-order valence-electron chi connectivity index (χ3n) is 5.01. The SMILES string of the molecule is CCOc1cc(C(=O)N/N=C/c2cc(Cl)c(OCC(=O)Nc3cccc(C)c3)c(OC)c2)ccc1OC. The minimum Gasteiger partial charge on any atom is -0.493 e. The van der Waals surface area contributed by atoms with E-state index in [0.29, 0.717) is 40.7 Å². The van der Waals surface area contributed by atoms with Crippen molar-refractivity contribution in [2.45, 2.75) is 13.8 Å². The van der Waals surface area contributed by atoms with Crippen molar-refractivity contribution >= 4 is 35.3 Å². The van der Waals surface area contributed by atoms with E-state index in [1.54, 1.807) is 36.4 Å². The molecule has 0 saturated heterocycles. The Bertz CT molecular complexity index is 1300. The smallest absolute Gasteiger partial charge is 0.271 e. The lowest BCUT2D eigenvalue weighted by atomic mass is 10.2. The first kappa shape index (κ1) is 27.3. The average molecular weight is 526 g/mol. The fourth-order valence-electron chi connectivity index (χ4n) is 3.33. The standard InChI is InChI=1S/C27H28ClN3O6/c1-5-36-23-14-19(9-10-22(23)34-3)27(33)31-29-15-18-12-21(28)26(24(13-18)35-4)37-16-25(32)30-20-8-6-7-17(2)11-20/h6-15H,5,16H2,1-4H3,(H,30,32)(H,31,33)/b29-15+. The lowest BCUT2D eigenvalue weighted by Gasteiger charge is -2.13. The van der Waals surface area contributed by atoms with E-state index in [1.165, 1.54) is 20.4 Å². The van der Waals surface area contributed by atoms with Gasteiger partial charge in [-0.05, 0) is 67.4 Å². The number of nitrogens with one attached hydrogen (secondary N) is 2. The maximum Gasteiger partial charge on any atom is 0.271 e. The zero-order chi connectivity index (χ0) is 26.8. The largest absolute Gasteiger partial charge is 0.493 e. The Hall–Kier alpha value is -4.24. The number of amides is 2. The number of ether oxygens (including phenoxy) is 4. The number of hydrazone groups is 1. The van der Waals surface area contributed by atoms with Crippen molar-refractivity contribution in [1.82, 2.24) is 5.43 Å². The molecule has 10 heteroatoms. The molecule has 37 heavy (non-hydrogen) atoms. The molecular formula is C27H28ClN3O6. The van der Waals surface area contributed by atoms with Crippen LogP contribution in [0.4, 0.5) is 5.69 Å². The Morgan fingerprint density at radius 1 is 0.973 bits per heavy atom. The van der Waals surface area contributed by atoms with Crippen molar-refractivity contribution in [3.05, 3.63) is 76.3 Å². The summed E-state index contributed by atoms with van der Waals surface area (Å²) >= 11 is 6.38. The summed E-state index contributed by atoms with van der Waals surface area (Å²) in [5.41, 5.74) is 5.05. The normalized spacial score (nSPS) is 10.6. The maximum atomic E-state index is 12.5. The van der Waals surface area contributed by atoms with E-state index in [1.807, 2.05) is 32.0 Å². The predicted molar refractivity (Wildman–Crippen MR) is 143 cm³/mol. The fraction of sp³-hybridized carbons (Fsp3) is 0.222. The summed E-state index contributed by atoms with van der Waals surface area (Å²) in [6.07, 6.45) is 1.41. The molecule has 0 atom stereocenters. The highest BCUT2D eigenvalue weighted by Crippen LogP contribution is 2.36. The van der Waals surface area contributed by atoms with Crippen LogP contribution in [0.2, 0.25) is 5.02 Å². The van der Waals surface area contributed by atoms with Gasteiger partial charge in [-0.15, -0.1) is 0 Å². The van der Waals surface area contributed by atoms with Crippen molar-refractivity contribution in [3.8, 4) is 23.0 Å². The topological polar surface area (TPSA) is 107 Å². The first-order valence-corrected chi connectivity index (χ1v) is 11.7. The zero-order valence-corrected chi connectivity index (χ0v) is 21.7. The van der Waals surface area contributed by atoms with Crippen LogP contribution in [0.3, 0.4) is 0 Å². The van der Waals surface area contributed by atoms with Gasteiger partial charge in [-0.25, -0.2) is 5.43 Å². The van der Waals surface area contributed by atoms with E-state index in [4.69, 9.17) is 30.5 Å². The van der Waals surface area contributed by atoms with Crippen LogP contribution in [0.5, 0.6) is 23.0 Å². The molecule has 0 bridgehead atoms. The van der Waals surface area contributed by atoms with Crippen LogP contribution in [-0.2, 0) is 4.79 Å². The molecule has 3 aromatic carbocycles. The van der Waals surface area contributed by atoms with Gasteiger partial charge in [0, 0.05) is 11.3 Å². The molecule has 0 unspecified atom stereocenters. The number of halogens is 1. The lowest BCUT2D eigenvalue weighted by molar-refractivity contribution is -0.118. The van der Waals surface area contributed by atoms with Crippen LogP contribution in [0.25, 0.3) is 0 Å². The molecule has 0 heterocycles. The van der Waals surface area contributed by atoms with Crippen LogP contribution in [0, 0.1) is 6.92 Å². The van der Waals surface area contributed by atoms with Gasteiger partial charge in [-0.2, -0.15) is 5.10 Å². The molecule has 9 nitrogen and oxygen atoms in total. The summed E-state index contributed by atoms with van der Waals surface area (Å²) < 4.78 is 21.7. The summed E-state index contributed by atoms with van der Waals surface area (Å²) in [4.78, 5) is 24.8. The predicted octanol–water partition coefficient (Wildman–Crippen LogP) is 4.85. The van der Waals surface area contributed by atoms with E-state index in [-0.39, 0.29) is 23.3 Å². The zero-order valence-electron chi connectivity index (χ0n) is 21.0. The summed E-state index contributed by atoms with van der Waals surface area (Å²) in [5, 5.41) is 6.98. The third kappa shape index (κ3) is 7.62. The van der Waals surface area contributed by atoms with Gasteiger partial charge < -0.3 is 24.3 Å². The molecule has 0 radical (unpaired) electrons. The van der Waals surface area contributed by atoms with Crippen LogP contribution in [0.15, 0.2) is 59.7 Å². The molecule has 2 N–H and O–H groups in total. The van der Waals surface area contributed by atoms with Crippen molar-refractivity contribution in [1.29, 1.82) is 0 Å². The van der Waals surface area contributed by atoms with Gasteiger partial charge in [0.1, 0.15) is 0 Å². The number of rotatable bonds is 11. The number of carbonyl (C=O) groups is 2. The minimum atomic E-state index is -0.433. The molecule has 3 aromatic rings. The number of hydrogen-bond donors (Lipinski definition) is 2. The summed E-state index contributed by atoms with van der Waals surface area (Å²) in [6.45, 7) is 3.94. The molecule has 2 amide bonds. The number of aryl methyl sites for hydroxylation is 1. The van der Waals surface area contributed by atoms with Crippen LogP contribution in [-0.4, -0.2) is 45.5 Å². The number of carbonyl (C=O) groups excluding carboxylic acids is 2. The highest BCUT2D eigenvalue weighted by Gasteiger charge is 2.14. The second-order valence-electron chi connectivity index (χ2n) is 7.74. The number of nitrogens with zero attached hydrogens (tertiary/aromatic N) is 1. The second kappa shape index (κ2) is 13.2. The average Bonchev–Trinajstić information content (AvgIpc) is 2.87. The van der Waals surface area contributed by atoms with Crippen LogP contribution < -0.4 is 29.7 Å². The van der Waals surface area contributed by atoms with E-state index in [9.17, 15) is 9.59 Å². The molecular weight excluding hydrogens is 498 g/mol. The van der Waals surface area contributed by atoms with Gasteiger partial charge in [-0.1, -0.05) is 23.7 Å². The molecule has 0 aliphatic heterocycles. The number of methoxy groups -OCH3 is 2. The van der Waals surface area contributed by atoms with Gasteiger partial charge in [-0.3, -0.25) is 9.59 Å². The molecule has 194 valence electrons. The molecule has 3 rings (SSSR count). The minimum absolute atomic E-state index is 0.214. The van der Waals surface area contributed by atoms with Crippen LogP contribution >= 0.6 is 11.6 Å². The van der Waals surface area contributed by atoms with Gasteiger partial charge in [0.2, 0.25) is 0 Å². The number of anilines is 1. The Morgan fingerprint density at radius 3 is 2.46 bits per heavy atom. The maximum absolute atomic E-state index is 12.5. The number of hydrogen-bond acceptors (Lipinski definition) is 7. The number of benzene rings is 3. The molecule has 0 fully saturated rings. The van der Waals surface area contributed by atoms with E-state index in [0.717, 1.165) is 5.56 Å². The first-order valence-electron chi connectivity index (χ1n) is 11.4. The monoisotopic (exact) mass is 525 g/mol. The van der Waals surface area contributed by atoms with Crippen molar-refractivity contribution in [2.24, 2.45) is 5.10 Å². The molecule has 0 aromatic heterocycles. The second-order valence-corrected chi connectivity index (χ2v) is 8.15. The van der Waals surface area contributed by atoms with Crippen molar-refractivity contribution in [3.63, 3.8) is 0 Å². The summed E-state index contributed by atoms with van der Waals surface area (Å²) in [5.74, 6) is 0.729. The Labute approximate surface area is 220 Å². The highest BCUT2D eigenvalue weighted by molar-refractivity contribution is 6.32. The summed E-state index contributed by atoms with van der Waals surface area (Å²) in [6, 6.07) is 15.5. The fourth-order valence-corrected chi connectivity index (χ4v) is 3.60. The lowest BCUT2D eigenvalue weighted by Crippen LogP contribution is -2.20. The van der Waals surface area contributed by atoms with Gasteiger partial charge >= 0.3 is 0 Å². The van der Waals surface area contributed by atoms with E-state index < -0.39 is 5.91 Å². The van der Waals surface area contributed by atoms with Gasteiger partial charge in [0.15, 0.2) is 29.6 Å². The Balaban J connectivity index is 1.64. The quantitative estimate of drug-likeness (QED) is 0.274. The summed E-state index contributed by atoms with van der Waals surface area (Å²) in [7, 11) is 2.98. The molecule has 0 spiro atoms. The van der Waals surface area contributed by atoms with E-state index in [2.05, 4.69) is 15.8 Å². The molecule has 0 saturated carbocycles.